The van der Waals surface area contributed by atoms with Crippen molar-refractivity contribution in [2.24, 2.45) is 0 Å². The highest BCUT2D eigenvalue weighted by atomic mass is 16.2. The van der Waals surface area contributed by atoms with Gasteiger partial charge in [-0.15, -0.1) is 0 Å². The van der Waals surface area contributed by atoms with E-state index in [9.17, 15) is 9.59 Å². The lowest BCUT2D eigenvalue weighted by Crippen LogP contribution is -2.45. The summed E-state index contributed by atoms with van der Waals surface area (Å²) in [6.07, 6.45) is 2.17. The molecule has 1 atom stereocenters. The summed E-state index contributed by atoms with van der Waals surface area (Å²) in [4.78, 5) is 27.5. The lowest BCUT2D eigenvalue weighted by Gasteiger charge is -2.28. The first-order valence-corrected chi connectivity index (χ1v) is 9.58. The van der Waals surface area contributed by atoms with E-state index in [0.717, 1.165) is 24.0 Å². The van der Waals surface area contributed by atoms with Gasteiger partial charge in [0.15, 0.2) is 5.54 Å². The third kappa shape index (κ3) is 3.74. The standard InChI is InChI=1S/C22H27N3O2/c1-3-10-17(2)23-15-16-25-20(26)22(24-21(25)27,18-11-6-4-7-12-18)19-13-8-5-9-14-19/h4-9,11-14,17,23H,3,10,15-16H2,1-2H3,(H,24,27). The second-order valence-corrected chi connectivity index (χ2v) is 7.01. The van der Waals surface area contributed by atoms with Gasteiger partial charge in [-0.1, -0.05) is 74.0 Å². The number of hydrogen-bond donors (Lipinski definition) is 2. The Labute approximate surface area is 160 Å². The largest absolute Gasteiger partial charge is 0.325 e. The normalized spacial score (nSPS) is 17.0. The minimum atomic E-state index is -1.17. The van der Waals surface area contributed by atoms with E-state index in [1.807, 2.05) is 60.7 Å². The van der Waals surface area contributed by atoms with Crippen LogP contribution in [0.25, 0.3) is 0 Å². The SMILES string of the molecule is CCCC(C)NCCN1C(=O)NC(c2ccccc2)(c2ccccc2)C1=O. The van der Waals surface area contributed by atoms with E-state index in [2.05, 4.69) is 24.5 Å². The van der Waals surface area contributed by atoms with Crippen molar-refractivity contribution in [2.75, 3.05) is 13.1 Å². The molecule has 1 unspecified atom stereocenters. The number of urea groups is 1. The molecule has 2 aromatic rings. The summed E-state index contributed by atoms with van der Waals surface area (Å²) in [5.41, 5.74) is 0.364. The number of hydrogen-bond acceptors (Lipinski definition) is 3. The molecule has 1 heterocycles. The Morgan fingerprint density at radius 3 is 2.07 bits per heavy atom. The first-order valence-electron chi connectivity index (χ1n) is 9.58. The maximum absolute atomic E-state index is 13.5. The van der Waals surface area contributed by atoms with E-state index in [1.54, 1.807) is 0 Å². The van der Waals surface area contributed by atoms with Gasteiger partial charge in [-0.2, -0.15) is 0 Å². The molecule has 1 fully saturated rings. The maximum Gasteiger partial charge on any atom is 0.325 e. The Hall–Kier alpha value is -2.66. The summed E-state index contributed by atoms with van der Waals surface area (Å²) in [5.74, 6) is -0.227. The van der Waals surface area contributed by atoms with Crippen LogP contribution < -0.4 is 10.6 Å². The van der Waals surface area contributed by atoms with Crippen molar-refractivity contribution in [3.8, 4) is 0 Å². The van der Waals surface area contributed by atoms with Crippen LogP contribution >= 0.6 is 0 Å². The number of carbonyl (C=O) groups is 2. The number of amides is 3. The Balaban J connectivity index is 1.88. The summed E-state index contributed by atoms with van der Waals surface area (Å²) in [5, 5.41) is 6.36. The third-order valence-corrected chi connectivity index (χ3v) is 5.07. The zero-order valence-electron chi connectivity index (χ0n) is 15.9. The average Bonchev–Trinajstić information content (AvgIpc) is 2.95. The predicted octanol–water partition coefficient (Wildman–Crippen LogP) is 3.26. The molecule has 1 saturated heterocycles. The molecular weight excluding hydrogens is 338 g/mol. The lowest BCUT2D eigenvalue weighted by molar-refractivity contribution is -0.130. The fourth-order valence-corrected chi connectivity index (χ4v) is 3.67. The molecule has 0 radical (unpaired) electrons. The van der Waals surface area contributed by atoms with Crippen LogP contribution in [-0.2, 0) is 10.3 Å². The van der Waals surface area contributed by atoms with E-state index >= 15 is 0 Å². The van der Waals surface area contributed by atoms with Gasteiger partial charge < -0.3 is 10.6 Å². The van der Waals surface area contributed by atoms with Crippen molar-refractivity contribution in [3.05, 3.63) is 71.8 Å². The molecule has 27 heavy (non-hydrogen) atoms. The molecule has 0 bridgehead atoms. The summed E-state index contributed by atoms with van der Waals surface area (Å²) in [6, 6.07) is 18.9. The van der Waals surface area contributed by atoms with Gasteiger partial charge >= 0.3 is 6.03 Å². The Kier molecular flexibility index (Phi) is 5.91. The maximum atomic E-state index is 13.5. The molecule has 142 valence electrons. The Bertz CT molecular complexity index is 737. The molecule has 1 aliphatic heterocycles. The zero-order chi connectivity index (χ0) is 19.3. The Morgan fingerprint density at radius 1 is 1.00 bits per heavy atom. The second kappa shape index (κ2) is 8.35. The van der Waals surface area contributed by atoms with Crippen LogP contribution in [-0.4, -0.2) is 36.0 Å². The van der Waals surface area contributed by atoms with Gasteiger partial charge in [0.1, 0.15) is 0 Å². The molecule has 2 N–H and O–H groups in total. The highest BCUT2D eigenvalue weighted by Crippen LogP contribution is 2.35. The van der Waals surface area contributed by atoms with Crippen LogP contribution in [0.5, 0.6) is 0 Å². The van der Waals surface area contributed by atoms with Crippen LogP contribution in [0, 0.1) is 0 Å². The summed E-state index contributed by atoms with van der Waals surface area (Å²) in [7, 11) is 0. The zero-order valence-corrected chi connectivity index (χ0v) is 15.9. The number of benzene rings is 2. The van der Waals surface area contributed by atoms with E-state index in [-0.39, 0.29) is 11.9 Å². The van der Waals surface area contributed by atoms with Crippen molar-refractivity contribution in [3.63, 3.8) is 0 Å². The first kappa shape index (κ1) is 19.1. The fraction of sp³-hybridized carbons (Fsp3) is 0.364. The van der Waals surface area contributed by atoms with Gasteiger partial charge in [0.25, 0.3) is 5.91 Å². The van der Waals surface area contributed by atoms with E-state index in [4.69, 9.17) is 0 Å². The first-order chi connectivity index (χ1) is 13.1. The number of nitrogens with zero attached hydrogens (tertiary/aromatic N) is 1. The van der Waals surface area contributed by atoms with Gasteiger partial charge in [-0.05, 0) is 24.5 Å². The van der Waals surface area contributed by atoms with E-state index in [0.29, 0.717) is 19.1 Å². The molecule has 0 saturated carbocycles. The third-order valence-electron chi connectivity index (χ3n) is 5.07. The molecular formula is C22H27N3O2. The van der Waals surface area contributed by atoms with Crippen LogP contribution in [0.3, 0.4) is 0 Å². The highest BCUT2D eigenvalue weighted by Gasteiger charge is 2.53. The predicted molar refractivity (Wildman–Crippen MR) is 106 cm³/mol. The summed E-state index contributed by atoms with van der Waals surface area (Å²) in [6.45, 7) is 5.19. The Morgan fingerprint density at radius 2 is 1.56 bits per heavy atom. The van der Waals surface area contributed by atoms with Crippen molar-refractivity contribution >= 4 is 11.9 Å². The van der Waals surface area contributed by atoms with E-state index in [1.165, 1.54) is 4.90 Å². The molecule has 1 aliphatic rings. The minimum absolute atomic E-state index is 0.227. The molecule has 2 aromatic carbocycles. The van der Waals surface area contributed by atoms with Gasteiger partial charge in [-0.25, -0.2) is 4.79 Å². The number of imide groups is 1. The van der Waals surface area contributed by atoms with Crippen LogP contribution in [0.1, 0.15) is 37.8 Å². The van der Waals surface area contributed by atoms with Crippen LogP contribution in [0.4, 0.5) is 4.79 Å². The topological polar surface area (TPSA) is 61.4 Å². The fourth-order valence-electron chi connectivity index (χ4n) is 3.67. The van der Waals surface area contributed by atoms with Crippen LogP contribution in [0.2, 0.25) is 0 Å². The number of rotatable bonds is 8. The second-order valence-electron chi connectivity index (χ2n) is 7.01. The van der Waals surface area contributed by atoms with Gasteiger partial charge in [0.05, 0.1) is 0 Å². The number of carbonyl (C=O) groups excluding carboxylic acids is 2. The van der Waals surface area contributed by atoms with E-state index < -0.39 is 5.54 Å². The quantitative estimate of drug-likeness (QED) is 0.706. The molecule has 0 spiro atoms. The highest BCUT2D eigenvalue weighted by molar-refractivity contribution is 6.09. The molecule has 5 nitrogen and oxygen atoms in total. The van der Waals surface area contributed by atoms with Gasteiger partial charge in [-0.3, -0.25) is 9.69 Å². The van der Waals surface area contributed by atoms with Crippen LogP contribution in [0.15, 0.2) is 60.7 Å². The molecule has 5 heteroatoms. The lowest BCUT2D eigenvalue weighted by atomic mass is 9.82. The van der Waals surface area contributed by atoms with Crippen molar-refractivity contribution in [1.82, 2.24) is 15.5 Å². The smallest absolute Gasteiger partial charge is 0.315 e. The van der Waals surface area contributed by atoms with Gasteiger partial charge in [0, 0.05) is 19.1 Å². The summed E-state index contributed by atoms with van der Waals surface area (Å²) >= 11 is 0. The minimum Gasteiger partial charge on any atom is -0.315 e. The molecule has 0 aromatic heterocycles. The number of nitrogens with one attached hydrogen (secondary N) is 2. The van der Waals surface area contributed by atoms with Crippen molar-refractivity contribution in [1.29, 1.82) is 0 Å². The van der Waals surface area contributed by atoms with Gasteiger partial charge in [0.2, 0.25) is 0 Å². The average molecular weight is 365 g/mol. The molecule has 0 aliphatic carbocycles. The molecule has 3 rings (SSSR count). The summed E-state index contributed by atoms with van der Waals surface area (Å²) < 4.78 is 0. The monoisotopic (exact) mass is 365 g/mol. The van der Waals surface area contributed by atoms with Crippen molar-refractivity contribution < 1.29 is 9.59 Å². The van der Waals surface area contributed by atoms with Crippen molar-refractivity contribution in [2.45, 2.75) is 38.3 Å². The molecule has 3 amide bonds.